The van der Waals surface area contributed by atoms with Crippen LogP contribution in [-0.2, 0) is 6.42 Å². The van der Waals surface area contributed by atoms with Crippen molar-refractivity contribution in [2.45, 2.75) is 51.4 Å². The van der Waals surface area contributed by atoms with Gasteiger partial charge in [0, 0.05) is 11.1 Å². The minimum Gasteiger partial charge on any atom is -0.497 e. The molecular formula is C19H26N2O. The van der Waals surface area contributed by atoms with E-state index in [4.69, 9.17) is 10.6 Å². The second kappa shape index (κ2) is 5.00. The van der Waals surface area contributed by atoms with Gasteiger partial charge in [-0.3, -0.25) is 0 Å². The maximum absolute atomic E-state index is 5.68. The molecule has 0 heterocycles. The minimum atomic E-state index is 0.264. The van der Waals surface area contributed by atoms with Crippen LogP contribution in [0, 0.1) is 17.3 Å². The van der Waals surface area contributed by atoms with Gasteiger partial charge in [-0.1, -0.05) is 13.0 Å². The molecule has 4 rings (SSSR count). The lowest BCUT2D eigenvalue weighted by molar-refractivity contribution is 0.0955. The van der Waals surface area contributed by atoms with Crippen LogP contribution >= 0.6 is 0 Å². The van der Waals surface area contributed by atoms with Crippen molar-refractivity contribution >= 4 is 5.71 Å². The van der Waals surface area contributed by atoms with Crippen LogP contribution in [0.4, 0.5) is 0 Å². The van der Waals surface area contributed by atoms with Crippen LogP contribution in [0.3, 0.4) is 0 Å². The third-order valence-corrected chi connectivity index (χ3v) is 6.83. The van der Waals surface area contributed by atoms with Crippen LogP contribution in [0.15, 0.2) is 23.3 Å². The highest BCUT2D eigenvalue weighted by Crippen LogP contribution is 2.59. The second-order valence-electron chi connectivity index (χ2n) is 7.55. The fraction of sp³-hybridized carbons (Fsp3) is 0.632. The van der Waals surface area contributed by atoms with Crippen LogP contribution in [-0.4, -0.2) is 12.8 Å². The van der Waals surface area contributed by atoms with Crippen LogP contribution in [0.2, 0.25) is 0 Å². The Morgan fingerprint density at radius 3 is 2.86 bits per heavy atom. The lowest BCUT2D eigenvalue weighted by Gasteiger charge is -2.49. The summed E-state index contributed by atoms with van der Waals surface area (Å²) in [4.78, 5) is 0. The number of nitrogens with zero attached hydrogens (tertiary/aromatic N) is 1. The summed E-state index contributed by atoms with van der Waals surface area (Å²) < 4.78 is 5.40. The van der Waals surface area contributed by atoms with Crippen LogP contribution in [0.5, 0.6) is 5.75 Å². The molecule has 3 heteroatoms. The van der Waals surface area contributed by atoms with E-state index in [0.717, 1.165) is 29.9 Å². The van der Waals surface area contributed by atoms with Gasteiger partial charge < -0.3 is 10.6 Å². The fourth-order valence-corrected chi connectivity index (χ4v) is 5.69. The number of hydrogen-bond donors (Lipinski definition) is 1. The number of hydrazone groups is 1. The molecule has 0 radical (unpaired) electrons. The zero-order valence-electron chi connectivity index (χ0n) is 13.6. The van der Waals surface area contributed by atoms with Crippen molar-refractivity contribution in [2.24, 2.45) is 28.2 Å². The first-order valence-corrected chi connectivity index (χ1v) is 8.61. The number of ether oxygens (including phenoxy) is 1. The molecule has 22 heavy (non-hydrogen) atoms. The Balaban J connectivity index is 1.69. The Kier molecular flexibility index (Phi) is 3.21. The molecule has 3 nitrogen and oxygen atoms in total. The molecule has 0 saturated heterocycles. The number of rotatable bonds is 1. The first kappa shape index (κ1) is 14.1. The SMILES string of the molecule is COc1ccc2c(c1)CC[C@H]1[C@@H]2CC[C@]2(C)/C(=N/N)CC[C@H]12. The molecule has 0 spiro atoms. The Morgan fingerprint density at radius 2 is 2.09 bits per heavy atom. The average molecular weight is 298 g/mol. The lowest BCUT2D eigenvalue weighted by atomic mass is 9.55. The molecule has 118 valence electrons. The standard InChI is InChI=1S/C19H26N2O/c1-19-10-9-15-14-6-4-13(22-2)11-12(14)3-5-16(15)17(19)7-8-18(19)21-20/h4,6,11,15-17H,3,5,7-10,20H2,1-2H3/b21-18+/t15-,16+,17-,19+/m1/s1. The molecule has 0 amide bonds. The van der Waals surface area contributed by atoms with E-state index in [9.17, 15) is 0 Å². The molecule has 2 saturated carbocycles. The number of hydrogen-bond acceptors (Lipinski definition) is 3. The monoisotopic (exact) mass is 298 g/mol. The van der Waals surface area contributed by atoms with E-state index in [-0.39, 0.29) is 5.41 Å². The van der Waals surface area contributed by atoms with Crippen molar-refractivity contribution in [1.29, 1.82) is 0 Å². The molecular weight excluding hydrogens is 272 g/mol. The Labute approximate surface area is 132 Å². The highest BCUT2D eigenvalue weighted by atomic mass is 16.5. The summed E-state index contributed by atoms with van der Waals surface area (Å²) in [6.07, 6.45) is 7.39. The number of aryl methyl sites for hydroxylation is 1. The van der Waals surface area contributed by atoms with Gasteiger partial charge >= 0.3 is 0 Å². The molecule has 0 aromatic heterocycles. The first-order valence-electron chi connectivity index (χ1n) is 8.61. The average Bonchev–Trinajstić information content (AvgIpc) is 2.90. The van der Waals surface area contributed by atoms with Crippen LogP contribution in [0.25, 0.3) is 0 Å². The number of methoxy groups -OCH3 is 1. The third kappa shape index (κ3) is 1.84. The lowest BCUT2D eigenvalue weighted by Crippen LogP contribution is -2.42. The topological polar surface area (TPSA) is 47.6 Å². The quantitative estimate of drug-likeness (QED) is 0.632. The van der Waals surface area contributed by atoms with Gasteiger partial charge in [0.2, 0.25) is 0 Å². The van der Waals surface area contributed by atoms with E-state index in [2.05, 4.69) is 30.2 Å². The maximum Gasteiger partial charge on any atom is 0.119 e. The molecule has 2 N–H and O–H groups in total. The van der Waals surface area contributed by atoms with Gasteiger partial charge in [0.15, 0.2) is 0 Å². The van der Waals surface area contributed by atoms with Crippen molar-refractivity contribution in [1.82, 2.24) is 0 Å². The largest absolute Gasteiger partial charge is 0.497 e. The smallest absolute Gasteiger partial charge is 0.119 e. The third-order valence-electron chi connectivity index (χ3n) is 6.83. The van der Waals surface area contributed by atoms with Crippen molar-refractivity contribution in [3.8, 4) is 5.75 Å². The zero-order valence-corrected chi connectivity index (χ0v) is 13.6. The zero-order chi connectivity index (χ0) is 15.3. The molecule has 0 aliphatic heterocycles. The van der Waals surface area contributed by atoms with Gasteiger partial charge in [-0.2, -0.15) is 5.10 Å². The normalized spacial score (nSPS) is 38.3. The summed E-state index contributed by atoms with van der Waals surface area (Å²) in [5.41, 5.74) is 4.63. The summed E-state index contributed by atoms with van der Waals surface area (Å²) in [5.74, 6) is 8.97. The first-order chi connectivity index (χ1) is 10.7. The number of nitrogens with two attached hydrogens (primary N) is 1. The minimum absolute atomic E-state index is 0.264. The van der Waals surface area contributed by atoms with Gasteiger partial charge in [-0.25, -0.2) is 0 Å². The van der Waals surface area contributed by atoms with E-state index in [1.165, 1.54) is 43.4 Å². The van der Waals surface area contributed by atoms with Crippen LogP contribution in [0.1, 0.15) is 56.1 Å². The van der Waals surface area contributed by atoms with E-state index in [1.807, 2.05) is 0 Å². The molecule has 2 fully saturated rings. The van der Waals surface area contributed by atoms with Gasteiger partial charge in [0.05, 0.1) is 7.11 Å². The molecule has 0 unspecified atom stereocenters. The van der Waals surface area contributed by atoms with E-state index < -0.39 is 0 Å². The van der Waals surface area contributed by atoms with Crippen molar-refractivity contribution in [3.05, 3.63) is 29.3 Å². The highest BCUT2D eigenvalue weighted by Gasteiger charge is 2.53. The number of benzene rings is 1. The predicted molar refractivity (Wildman–Crippen MR) is 89.2 cm³/mol. The molecule has 1 aromatic rings. The van der Waals surface area contributed by atoms with E-state index in [0.29, 0.717) is 0 Å². The predicted octanol–water partition coefficient (Wildman–Crippen LogP) is 3.87. The van der Waals surface area contributed by atoms with Crippen molar-refractivity contribution < 1.29 is 4.74 Å². The van der Waals surface area contributed by atoms with Gasteiger partial charge in [-0.05, 0) is 79.5 Å². The Hall–Kier alpha value is -1.51. The van der Waals surface area contributed by atoms with Crippen molar-refractivity contribution in [3.63, 3.8) is 0 Å². The maximum atomic E-state index is 5.68. The summed E-state index contributed by atoms with van der Waals surface area (Å²) in [5, 5.41) is 4.15. The summed E-state index contributed by atoms with van der Waals surface area (Å²) in [6, 6.07) is 6.71. The molecule has 3 aliphatic rings. The summed E-state index contributed by atoms with van der Waals surface area (Å²) in [7, 11) is 1.76. The van der Waals surface area contributed by atoms with E-state index >= 15 is 0 Å². The molecule has 4 atom stereocenters. The summed E-state index contributed by atoms with van der Waals surface area (Å²) in [6.45, 7) is 2.41. The molecule has 3 aliphatic carbocycles. The van der Waals surface area contributed by atoms with Crippen molar-refractivity contribution in [2.75, 3.05) is 7.11 Å². The van der Waals surface area contributed by atoms with E-state index in [1.54, 1.807) is 12.7 Å². The molecule has 1 aromatic carbocycles. The van der Waals surface area contributed by atoms with Gasteiger partial charge in [-0.15, -0.1) is 0 Å². The Bertz CT molecular complexity index is 624. The highest BCUT2D eigenvalue weighted by molar-refractivity contribution is 5.92. The van der Waals surface area contributed by atoms with Crippen LogP contribution < -0.4 is 10.6 Å². The Morgan fingerprint density at radius 1 is 1.23 bits per heavy atom. The number of fused-ring (bicyclic) bond motifs is 5. The molecule has 0 bridgehead atoms. The van der Waals surface area contributed by atoms with Gasteiger partial charge in [0.1, 0.15) is 5.75 Å². The van der Waals surface area contributed by atoms with Gasteiger partial charge in [0.25, 0.3) is 0 Å². The fourth-order valence-electron chi connectivity index (χ4n) is 5.69. The summed E-state index contributed by atoms with van der Waals surface area (Å²) >= 11 is 0. The second-order valence-corrected chi connectivity index (χ2v) is 7.55.